The van der Waals surface area contributed by atoms with Crippen LogP contribution >= 0.6 is 0 Å². The van der Waals surface area contributed by atoms with E-state index in [1.165, 1.54) is 11.5 Å². The molecule has 3 heterocycles. The van der Waals surface area contributed by atoms with E-state index in [-0.39, 0.29) is 36.6 Å². The molecule has 10 heteroatoms. The molecule has 0 bridgehead atoms. The molecule has 0 aliphatic heterocycles. The number of rotatable bonds is 6. The quantitative estimate of drug-likeness (QED) is 0.484. The number of aryl methyl sites for hydroxylation is 1. The van der Waals surface area contributed by atoms with Crippen LogP contribution in [0.4, 0.5) is 5.82 Å². The van der Waals surface area contributed by atoms with Crippen molar-refractivity contribution in [2.75, 3.05) is 18.9 Å². The van der Waals surface area contributed by atoms with E-state index in [4.69, 9.17) is 15.2 Å². The first-order valence-electron chi connectivity index (χ1n) is 7.84. The number of pyridine rings is 1. The van der Waals surface area contributed by atoms with Gasteiger partial charge in [-0.2, -0.15) is 15.0 Å². The summed E-state index contributed by atoms with van der Waals surface area (Å²) in [7, 11) is 0. The number of nitrogens with zero attached hydrogens (tertiary/aromatic N) is 5. The number of aromatic hydroxyl groups is 1. The number of hydrogen-bond donors (Lipinski definition) is 2. The molecule has 3 aromatic heterocycles. The number of esters is 1. The summed E-state index contributed by atoms with van der Waals surface area (Å²) in [6, 6.07) is 3.54. The second-order valence-electron chi connectivity index (χ2n) is 5.56. The maximum Gasteiger partial charge on any atom is 0.320 e. The van der Waals surface area contributed by atoms with E-state index in [9.17, 15) is 9.90 Å². The second kappa shape index (κ2) is 7.21. The molecular weight excluding hydrogens is 340 g/mol. The molecule has 0 aromatic carbocycles. The zero-order valence-corrected chi connectivity index (χ0v) is 14.3. The van der Waals surface area contributed by atoms with Gasteiger partial charge >= 0.3 is 12.0 Å². The van der Waals surface area contributed by atoms with Gasteiger partial charge in [0.25, 0.3) is 6.01 Å². The Bertz CT molecular complexity index is 938. The van der Waals surface area contributed by atoms with Gasteiger partial charge < -0.3 is 20.3 Å². The Kier molecular flexibility index (Phi) is 4.83. The van der Waals surface area contributed by atoms with Gasteiger partial charge in [-0.1, -0.05) is 6.07 Å². The Hall–Kier alpha value is -3.43. The van der Waals surface area contributed by atoms with E-state index >= 15 is 0 Å². The molecule has 3 aromatic rings. The number of anilines is 1. The normalized spacial score (nSPS) is 10.8. The van der Waals surface area contributed by atoms with Gasteiger partial charge in [0.15, 0.2) is 17.0 Å². The van der Waals surface area contributed by atoms with Crippen LogP contribution in [0.25, 0.3) is 11.2 Å². The summed E-state index contributed by atoms with van der Waals surface area (Å²) in [5.74, 6) is -0.326. The molecule has 0 aliphatic carbocycles. The zero-order chi connectivity index (χ0) is 18.7. The third-order valence-corrected chi connectivity index (χ3v) is 3.51. The summed E-state index contributed by atoms with van der Waals surface area (Å²) < 4.78 is 11.6. The first-order chi connectivity index (χ1) is 12.4. The Morgan fingerprint density at radius 2 is 2.08 bits per heavy atom. The Morgan fingerprint density at radius 3 is 2.77 bits per heavy atom. The van der Waals surface area contributed by atoms with Crippen molar-refractivity contribution in [1.82, 2.24) is 24.5 Å². The maximum absolute atomic E-state index is 10.8. The van der Waals surface area contributed by atoms with Gasteiger partial charge in [-0.3, -0.25) is 14.3 Å². The van der Waals surface area contributed by atoms with Crippen molar-refractivity contribution in [2.24, 2.45) is 0 Å². The van der Waals surface area contributed by atoms with Crippen LogP contribution in [-0.2, 0) is 16.1 Å². The summed E-state index contributed by atoms with van der Waals surface area (Å²) in [5, 5.41) is 10.2. The second-order valence-corrected chi connectivity index (χ2v) is 5.56. The van der Waals surface area contributed by atoms with Crippen molar-refractivity contribution in [1.29, 1.82) is 0 Å². The standard InChI is InChI=1S/C16H18N6O4/c1-9-3-4-11(7-18-9)8-22-14-12(19-16(22)24)13(17)20-15(21-14)26-6-5-25-10(2)23/h3-4,7H,5-6,8H2,1-2H3,(H,19,24)(H2,17,20,21). The molecular formula is C16H18N6O4. The highest BCUT2D eigenvalue weighted by Crippen LogP contribution is 2.25. The van der Waals surface area contributed by atoms with E-state index in [1.54, 1.807) is 6.20 Å². The molecule has 0 radical (unpaired) electrons. The highest BCUT2D eigenvalue weighted by Gasteiger charge is 2.17. The predicted octanol–water partition coefficient (Wildman–Crippen LogP) is 0.808. The molecule has 26 heavy (non-hydrogen) atoms. The zero-order valence-electron chi connectivity index (χ0n) is 14.3. The number of fused-ring (bicyclic) bond motifs is 1. The largest absolute Gasteiger partial charge is 0.480 e. The van der Waals surface area contributed by atoms with Crippen LogP contribution in [0.2, 0.25) is 0 Å². The van der Waals surface area contributed by atoms with Crippen LogP contribution in [0.3, 0.4) is 0 Å². The summed E-state index contributed by atoms with van der Waals surface area (Å²) in [6.07, 6.45) is 1.71. The molecule has 0 unspecified atom stereocenters. The van der Waals surface area contributed by atoms with Crippen LogP contribution in [0.5, 0.6) is 12.0 Å². The molecule has 0 atom stereocenters. The van der Waals surface area contributed by atoms with Gasteiger partial charge in [-0.05, 0) is 18.6 Å². The lowest BCUT2D eigenvalue weighted by Crippen LogP contribution is -2.12. The molecule has 3 N–H and O–H groups in total. The summed E-state index contributed by atoms with van der Waals surface area (Å²) in [4.78, 5) is 27.2. The number of imidazole rings is 1. The highest BCUT2D eigenvalue weighted by molar-refractivity contribution is 5.83. The van der Waals surface area contributed by atoms with E-state index in [2.05, 4.69) is 19.9 Å². The van der Waals surface area contributed by atoms with Crippen LogP contribution < -0.4 is 10.5 Å². The number of nitrogen functional groups attached to an aromatic ring is 1. The topological polar surface area (TPSA) is 138 Å². The van der Waals surface area contributed by atoms with Crippen LogP contribution in [-0.4, -0.2) is 48.8 Å². The molecule has 0 aliphatic rings. The Labute approximate surface area is 148 Å². The Balaban J connectivity index is 1.87. The van der Waals surface area contributed by atoms with Crippen molar-refractivity contribution in [2.45, 2.75) is 20.4 Å². The first-order valence-corrected chi connectivity index (χ1v) is 7.84. The third-order valence-electron chi connectivity index (χ3n) is 3.51. The SMILES string of the molecule is CC(=O)OCCOc1nc(N)c2nc(O)n(Cc3ccc(C)nc3)c2n1. The fourth-order valence-electron chi connectivity index (χ4n) is 2.29. The summed E-state index contributed by atoms with van der Waals surface area (Å²) in [6.45, 7) is 3.64. The molecule has 0 amide bonds. The number of carbonyl (C=O) groups excluding carboxylic acids is 1. The van der Waals surface area contributed by atoms with E-state index in [0.717, 1.165) is 11.3 Å². The Morgan fingerprint density at radius 1 is 1.27 bits per heavy atom. The minimum absolute atomic E-state index is 0.00494. The third kappa shape index (κ3) is 3.79. The summed E-state index contributed by atoms with van der Waals surface area (Å²) in [5.41, 5.74) is 8.25. The van der Waals surface area contributed by atoms with E-state index in [1.807, 2.05) is 19.1 Å². The number of nitrogens with two attached hydrogens (primary N) is 1. The van der Waals surface area contributed by atoms with Gasteiger partial charge in [0.05, 0.1) is 6.54 Å². The van der Waals surface area contributed by atoms with Crippen molar-refractivity contribution < 1.29 is 19.4 Å². The average molecular weight is 358 g/mol. The fourth-order valence-corrected chi connectivity index (χ4v) is 2.29. The lowest BCUT2D eigenvalue weighted by molar-refractivity contribution is -0.141. The highest BCUT2D eigenvalue weighted by atomic mass is 16.6. The van der Waals surface area contributed by atoms with E-state index in [0.29, 0.717) is 12.2 Å². The monoisotopic (exact) mass is 358 g/mol. The molecule has 136 valence electrons. The molecule has 10 nitrogen and oxygen atoms in total. The minimum Gasteiger partial charge on any atom is -0.480 e. The predicted molar refractivity (Wildman–Crippen MR) is 91.6 cm³/mol. The van der Waals surface area contributed by atoms with Gasteiger partial charge in [0, 0.05) is 18.8 Å². The van der Waals surface area contributed by atoms with Crippen molar-refractivity contribution in [3.8, 4) is 12.0 Å². The van der Waals surface area contributed by atoms with Crippen LogP contribution in [0, 0.1) is 6.92 Å². The average Bonchev–Trinajstić information content (AvgIpc) is 2.90. The van der Waals surface area contributed by atoms with Crippen molar-refractivity contribution >= 4 is 23.0 Å². The van der Waals surface area contributed by atoms with Gasteiger partial charge in [0.1, 0.15) is 13.2 Å². The molecule has 0 saturated heterocycles. The van der Waals surface area contributed by atoms with Crippen molar-refractivity contribution in [3.05, 3.63) is 29.6 Å². The fraction of sp³-hybridized carbons (Fsp3) is 0.312. The lowest BCUT2D eigenvalue weighted by Gasteiger charge is -2.08. The first kappa shape index (κ1) is 17.4. The van der Waals surface area contributed by atoms with Gasteiger partial charge in [-0.25, -0.2) is 0 Å². The number of ether oxygens (including phenoxy) is 2. The molecule has 0 fully saturated rings. The van der Waals surface area contributed by atoms with Crippen LogP contribution in [0.15, 0.2) is 18.3 Å². The lowest BCUT2D eigenvalue weighted by atomic mass is 10.2. The molecule has 0 spiro atoms. The van der Waals surface area contributed by atoms with E-state index < -0.39 is 5.97 Å². The maximum atomic E-state index is 10.8. The molecule has 0 saturated carbocycles. The number of carbonyl (C=O) groups is 1. The van der Waals surface area contributed by atoms with Gasteiger partial charge in [0.2, 0.25) is 0 Å². The summed E-state index contributed by atoms with van der Waals surface area (Å²) >= 11 is 0. The number of hydrogen-bond acceptors (Lipinski definition) is 9. The van der Waals surface area contributed by atoms with Gasteiger partial charge in [-0.15, -0.1) is 0 Å². The smallest absolute Gasteiger partial charge is 0.320 e. The minimum atomic E-state index is -0.404. The molecule has 3 rings (SSSR count). The van der Waals surface area contributed by atoms with Crippen LogP contribution in [0.1, 0.15) is 18.2 Å². The van der Waals surface area contributed by atoms with Crippen molar-refractivity contribution in [3.63, 3.8) is 0 Å². The number of aromatic nitrogens is 5.